The van der Waals surface area contributed by atoms with E-state index >= 15 is 0 Å². The third-order valence-electron chi connectivity index (χ3n) is 4.52. The highest BCUT2D eigenvalue weighted by atomic mass is 16.5. The lowest BCUT2D eigenvalue weighted by molar-refractivity contribution is 0.146. The van der Waals surface area contributed by atoms with Crippen LogP contribution in [0, 0.1) is 0 Å². The number of methoxy groups -OCH3 is 1. The quantitative estimate of drug-likeness (QED) is 0.838. The maximum Gasteiger partial charge on any atom is 0.123 e. The predicted molar refractivity (Wildman–Crippen MR) is 93.9 cm³/mol. The van der Waals surface area contributed by atoms with Crippen LogP contribution >= 0.6 is 0 Å². The van der Waals surface area contributed by atoms with E-state index in [1.807, 2.05) is 24.3 Å². The van der Waals surface area contributed by atoms with E-state index in [0.717, 1.165) is 37.2 Å². The zero-order valence-electron chi connectivity index (χ0n) is 13.5. The van der Waals surface area contributed by atoms with Gasteiger partial charge in [0.15, 0.2) is 0 Å². The van der Waals surface area contributed by atoms with Gasteiger partial charge in [0.1, 0.15) is 11.5 Å². The number of anilines is 2. The monoisotopic (exact) mass is 312 g/mol. The summed E-state index contributed by atoms with van der Waals surface area (Å²) in [6.45, 7) is 0. The Labute approximate surface area is 137 Å². The number of benzene rings is 2. The Morgan fingerprint density at radius 2 is 1.43 bits per heavy atom. The molecule has 0 unspecified atom stereocenters. The summed E-state index contributed by atoms with van der Waals surface area (Å²) in [6.07, 6.45) is 4.60. The molecule has 0 spiro atoms. The average molecular weight is 312 g/mol. The minimum Gasteiger partial charge on any atom is -0.497 e. The van der Waals surface area contributed by atoms with Gasteiger partial charge in [-0.25, -0.2) is 0 Å². The summed E-state index contributed by atoms with van der Waals surface area (Å²) in [4.78, 5) is 0. The van der Waals surface area contributed by atoms with Crippen molar-refractivity contribution >= 4 is 11.4 Å². The second kappa shape index (κ2) is 6.82. The maximum atomic E-state index is 6.06. The molecule has 0 heterocycles. The first-order valence-electron chi connectivity index (χ1n) is 8.10. The largest absolute Gasteiger partial charge is 0.497 e. The summed E-state index contributed by atoms with van der Waals surface area (Å²) in [7, 11) is 1.70. The topological polar surface area (TPSA) is 70.5 Å². The van der Waals surface area contributed by atoms with Crippen LogP contribution in [0.25, 0.3) is 0 Å². The van der Waals surface area contributed by atoms with Crippen LogP contribution in [0.3, 0.4) is 0 Å². The van der Waals surface area contributed by atoms with Gasteiger partial charge in [-0.15, -0.1) is 0 Å². The molecule has 4 nitrogen and oxygen atoms in total. The van der Waals surface area contributed by atoms with E-state index < -0.39 is 0 Å². The molecule has 1 fully saturated rings. The van der Waals surface area contributed by atoms with Gasteiger partial charge in [0.2, 0.25) is 0 Å². The average Bonchev–Trinajstić information content (AvgIpc) is 2.55. The van der Waals surface area contributed by atoms with Crippen molar-refractivity contribution in [2.75, 3.05) is 18.6 Å². The van der Waals surface area contributed by atoms with Crippen molar-refractivity contribution in [2.45, 2.75) is 37.7 Å². The predicted octanol–water partition coefficient (Wildman–Crippen LogP) is 3.96. The number of nitrogens with two attached hydrogens (primary N) is 2. The molecule has 0 atom stereocenters. The van der Waals surface area contributed by atoms with Gasteiger partial charge in [-0.3, -0.25) is 0 Å². The molecule has 1 saturated carbocycles. The van der Waals surface area contributed by atoms with Crippen LogP contribution in [0.1, 0.15) is 37.2 Å². The van der Waals surface area contributed by atoms with Crippen LogP contribution in [0.15, 0.2) is 42.5 Å². The number of nitrogen functional groups attached to an aromatic ring is 2. The van der Waals surface area contributed by atoms with Gasteiger partial charge >= 0.3 is 0 Å². The van der Waals surface area contributed by atoms with Crippen molar-refractivity contribution < 1.29 is 9.47 Å². The molecule has 3 rings (SSSR count). The van der Waals surface area contributed by atoms with E-state index in [-0.39, 0.29) is 6.10 Å². The van der Waals surface area contributed by atoms with Gasteiger partial charge in [0.25, 0.3) is 0 Å². The lowest BCUT2D eigenvalue weighted by Crippen LogP contribution is -2.23. The van der Waals surface area contributed by atoms with E-state index in [9.17, 15) is 0 Å². The van der Waals surface area contributed by atoms with Crippen LogP contribution in [-0.4, -0.2) is 13.2 Å². The molecule has 1 aliphatic rings. The van der Waals surface area contributed by atoms with Crippen molar-refractivity contribution in [3.05, 3.63) is 48.0 Å². The molecule has 0 aliphatic heterocycles. The molecule has 0 aromatic heterocycles. The molecule has 0 saturated heterocycles. The SMILES string of the molecule is COc1ccc(C2CCC(Oc3cc(N)cc(N)c3)CC2)cc1. The Balaban J connectivity index is 1.57. The number of ether oxygens (including phenoxy) is 2. The number of hydrogen-bond acceptors (Lipinski definition) is 4. The summed E-state index contributed by atoms with van der Waals surface area (Å²) in [6, 6.07) is 13.8. The van der Waals surface area contributed by atoms with Gasteiger partial charge in [-0.05, 0) is 55.4 Å². The summed E-state index contributed by atoms with van der Waals surface area (Å²) in [5, 5.41) is 0. The Morgan fingerprint density at radius 1 is 0.826 bits per heavy atom. The molecule has 0 amide bonds. The molecule has 1 aliphatic carbocycles. The smallest absolute Gasteiger partial charge is 0.123 e. The summed E-state index contributed by atoms with van der Waals surface area (Å²) < 4.78 is 11.3. The second-order valence-electron chi connectivity index (χ2n) is 6.20. The third kappa shape index (κ3) is 3.89. The highest BCUT2D eigenvalue weighted by Crippen LogP contribution is 2.35. The fourth-order valence-corrected chi connectivity index (χ4v) is 3.30. The number of hydrogen-bond donors (Lipinski definition) is 2. The van der Waals surface area contributed by atoms with E-state index in [2.05, 4.69) is 12.1 Å². The first-order chi connectivity index (χ1) is 11.1. The summed E-state index contributed by atoms with van der Waals surface area (Å²) in [5.41, 5.74) is 14.3. The third-order valence-corrected chi connectivity index (χ3v) is 4.52. The molecule has 4 heteroatoms. The van der Waals surface area contributed by atoms with E-state index in [0.29, 0.717) is 17.3 Å². The zero-order valence-corrected chi connectivity index (χ0v) is 13.5. The van der Waals surface area contributed by atoms with Crippen molar-refractivity contribution in [1.82, 2.24) is 0 Å². The van der Waals surface area contributed by atoms with Gasteiger partial charge in [-0.2, -0.15) is 0 Å². The van der Waals surface area contributed by atoms with E-state index in [4.69, 9.17) is 20.9 Å². The standard InChI is InChI=1S/C19H24N2O2/c1-22-17-6-2-13(3-7-17)14-4-8-18(9-5-14)23-19-11-15(20)10-16(21)12-19/h2-3,6-7,10-12,14,18H,4-5,8-9,20-21H2,1H3. The Hall–Kier alpha value is -2.36. The minimum absolute atomic E-state index is 0.241. The molecule has 4 N–H and O–H groups in total. The van der Waals surface area contributed by atoms with Crippen molar-refractivity contribution in [3.8, 4) is 11.5 Å². The fourth-order valence-electron chi connectivity index (χ4n) is 3.30. The summed E-state index contributed by atoms with van der Waals surface area (Å²) >= 11 is 0. The first kappa shape index (κ1) is 15.5. The highest BCUT2D eigenvalue weighted by Gasteiger charge is 2.23. The first-order valence-corrected chi connectivity index (χ1v) is 8.10. The lowest BCUT2D eigenvalue weighted by Gasteiger charge is -2.29. The Bertz CT molecular complexity index is 627. The van der Waals surface area contributed by atoms with Crippen molar-refractivity contribution in [3.63, 3.8) is 0 Å². The second-order valence-corrected chi connectivity index (χ2v) is 6.20. The van der Waals surface area contributed by atoms with Crippen molar-refractivity contribution in [1.29, 1.82) is 0 Å². The molecular weight excluding hydrogens is 288 g/mol. The van der Waals surface area contributed by atoms with Crippen LogP contribution in [0.5, 0.6) is 11.5 Å². The van der Waals surface area contributed by atoms with E-state index in [1.54, 1.807) is 13.2 Å². The molecular formula is C19H24N2O2. The lowest BCUT2D eigenvalue weighted by atomic mass is 9.83. The molecule has 122 valence electrons. The van der Waals surface area contributed by atoms with Gasteiger partial charge < -0.3 is 20.9 Å². The Morgan fingerprint density at radius 3 is 2.00 bits per heavy atom. The van der Waals surface area contributed by atoms with Gasteiger partial charge in [0, 0.05) is 23.5 Å². The fraction of sp³-hybridized carbons (Fsp3) is 0.368. The number of rotatable bonds is 4. The van der Waals surface area contributed by atoms with Crippen LogP contribution in [-0.2, 0) is 0 Å². The minimum atomic E-state index is 0.241. The zero-order chi connectivity index (χ0) is 16.2. The highest BCUT2D eigenvalue weighted by molar-refractivity contribution is 5.56. The van der Waals surface area contributed by atoms with Gasteiger partial charge in [0.05, 0.1) is 13.2 Å². The molecule has 0 radical (unpaired) electrons. The molecule has 0 bridgehead atoms. The molecule has 2 aromatic rings. The van der Waals surface area contributed by atoms with Crippen LogP contribution in [0.2, 0.25) is 0 Å². The van der Waals surface area contributed by atoms with Gasteiger partial charge in [-0.1, -0.05) is 12.1 Å². The normalized spacial score (nSPS) is 20.9. The summed E-state index contributed by atoms with van der Waals surface area (Å²) in [5.74, 6) is 2.28. The Kier molecular flexibility index (Phi) is 4.60. The van der Waals surface area contributed by atoms with Crippen LogP contribution < -0.4 is 20.9 Å². The molecule has 2 aromatic carbocycles. The van der Waals surface area contributed by atoms with Crippen LogP contribution in [0.4, 0.5) is 11.4 Å². The maximum absolute atomic E-state index is 6.06. The van der Waals surface area contributed by atoms with Crippen molar-refractivity contribution in [2.24, 2.45) is 0 Å². The van der Waals surface area contributed by atoms with E-state index in [1.165, 1.54) is 5.56 Å². The molecule has 23 heavy (non-hydrogen) atoms.